The average Bonchev–Trinajstić information content (AvgIpc) is 2.45. The summed E-state index contributed by atoms with van der Waals surface area (Å²) in [4.78, 5) is 0. The Hall–Kier alpha value is -1.53. The topological polar surface area (TPSA) is 64.6 Å². The van der Waals surface area contributed by atoms with E-state index in [-0.39, 0.29) is 12.3 Å². The van der Waals surface area contributed by atoms with Crippen molar-refractivity contribution in [3.63, 3.8) is 0 Å². The molecule has 118 valence electrons. The third-order valence-electron chi connectivity index (χ3n) is 2.95. The quantitative estimate of drug-likeness (QED) is 0.710. The molecule has 1 aromatic rings. The highest BCUT2D eigenvalue weighted by Gasteiger charge is 2.13. The molecule has 0 aliphatic heterocycles. The summed E-state index contributed by atoms with van der Waals surface area (Å²) in [5, 5.41) is 0. The SMILES string of the molecule is C=CCc1cc(CNS(=O)(=O)CCC)cc(OC)c1OC. The molecular weight excluding hydrogens is 290 g/mol. The average molecular weight is 313 g/mol. The number of methoxy groups -OCH3 is 2. The van der Waals surface area contributed by atoms with E-state index in [0.29, 0.717) is 24.3 Å². The molecule has 21 heavy (non-hydrogen) atoms. The van der Waals surface area contributed by atoms with E-state index in [1.165, 1.54) is 0 Å². The lowest BCUT2D eigenvalue weighted by Gasteiger charge is -2.14. The van der Waals surface area contributed by atoms with E-state index >= 15 is 0 Å². The molecule has 0 spiro atoms. The van der Waals surface area contributed by atoms with E-state index in [1.807, 2.05) is 13.0 Å². The van der Waals surface area contributed by atoms with Gasteiger partial charge in [-0.15, -0.1) is 6.58 Å². The van der Waals surface area contributed by atoms with E-state index in [0.717, 1.165) is 11.1 Å². The van der Waals surface area contributed by atoms with Gasteiger partial charge in [0, 0.05) is 12.1 Å². The van der Waals surface area contributed by atoms with Crippen LogP contribution in [0.1, 0.15) is 24.5 Å². The second-order valence-electron chi connectivity index (χ2n) is 4.62. The lowest BCUT2D eigenvalue weighted by molar-refractivity contribution is 0.352. The molecule has 0 aromatic heterocycles. The first kappa shape index (κ1) is 17.5. The van der Waals surface area contributed by atoms with Crippen LogP contribution in [0.3, 0.4) is 0 Å². The minimum Gasteiger partial charge on any atom is -0.493 e. The fourth-order valence-electron chi connectivity index (χ4n) is 2.05. The molecule has 0 bridgehead atoms. The van der Waals surface area contributed by atoms with Crippen LogP contribution in [-0.4, -0.2) is 28.4 Å². The Labute approximate surface area is 127 Å². The number of hydrogen-bond donors (Lipinski definition) is 1. The second-order valence-corrected chi connectivity index (χ2v) is 6.55. The highest BCUT2D eigenvalue weighted by Crippen LogP contribution is 2.33. The summed E-state index contributed by atoms with van der Waals surface area (Å²) in [6.45, 7) is 5.78. The molecule has 0 amide bonds. The highest BCUT2D eigenvalue weighted by molar-refractivity contribution is 7.89. The Morgan fingerprint density at radius 1 is 1.29 bits per heavy atom. The van der Waals surface area contributed by atoms with E-state index in [9.17, 15) is 8.42 Å². The van der Waals surface area contributed by atoms with Crippen LogP contribution < -0.4 is 14.2 Å². The summed E-state index contributed by atoms with van der Waals surface area (Å²) in [6.07, 6.45) is 2.97. The van der Waals surface area contributed by atoms with Gasteiger partial charge < -0.3 is 9.47 Å². The molecule has 1 N–H and O–H groups in total. The molecule has 0 saturated heterocycles. The molecule has 0 aliphatic rings. The third kappa shape index (κ3) is 5.06. The zero-order valence-corrected chi connectivity index (χ0v) is 13.6. The summed E-state index contributed by atoms with van der Waals surface area (Å²) in [5.41, 5.74) is 1.74. The van der Waals surface area contributed by atoms with Gasteiger partial charge in [-0.05, 0) is 24.5 Å². The number of nitrogens with one attached hydrogen (secondary N) is 1. The zero-order valence-electron chi connectivity index (χ0n) is 12.8. The molecule has 0 unspecified atom stereocenters. The van der Waals surface area contributed by atoms with Crippen molar-refractivity contribution >= 4 is 10.0 Å². The standard InChI is InChI=1S/C15H23NO4S/c1-5-7-13-9-12(10-14(19-3)15(13)20-4)11-16-21(17,18)8-6-2/h5,9-10,16H,1,6-8,11H2,2-4H3. The Morgan fingerprint density at radius 3 is 2.52 bits per heavy atom. The number of hydrogen-bond acceptors (Lipinski definition) is 4. The van der Waals surface area contributed by atoms with Gasteiger partial charge >= 0.3 is 0 Å². The first-order valence-corrected chi connectivity index (χ1v) is 8.44. The van der Waals surface area contributed by atoms with Crippen LogP contribution in [0, 0.1) is 0 Å². The van der Waals surface area contributed by atoms with Gasteiger partial charge in [0.2, 0.25) is 10.0 Å². The summed E-state index contributed by atoms with van der Waals surface area (Å²) >= 11 is 0. The van der Waals surface area contributed by atoms with Crippen molar-refractivity contribution < 1.29 is 17.9 Å². The summed E-state index contributed by atoms with van der Waals surface area (Å²) < 4.78 is 36.7. The van der Waals surface area contributed by atoms with Crippen LogP contribution in [0.2, 0.25) is 0 Å². The first-order valence-electron chi connectivity index (χ1n) is 6.79. The van der Waals surface area contributed by atoms with Gasteiger partial charge in [-0.3, -0.25) is 0 Å². The lowest BCUT2D eigenvalue weighted by atomic mass is 10.1. The number of allylic oxidation sites excluding steroid dienone is 1. The Bertz CT molecular complexity index is 582. The molecule has 5 nitrogen and oxygen atoms in total. The predicted molar refractivity (Wildman–Crippen MR) is 84.4 cm³/mol. The first-order chi connectivity index (χ1) is 9.97. The van der Waals surface area contributed by atoms with Crippen molar-refractivity contribution in [2.24, 2.45) is 0 Å². The minimum atomic E-state index is -3.23. The van der Waals surface area contributed by atoms with Gasteiger partial charge in [0.15, 0.2) is 11.5 Å². The predicted octanol–water partition coefficient (Wildman–Crippen LogP) is 2.26. The summed E-state index contributed by atoms with van der Waals surface area (Å²) in [5.74, 6) is 1.36. The minimum absolute atomic E-state index is 0.125. The molecule has 0 heterocycles. The van der Waals surface area contributed by atoms with Gasteiger partial charge in [-0.25, -0.2) is 13.1 Å². The van der Waals surface area contributed by atoms with Crippen molar-refractivity contribution in [3.8, 4) is 11.5 Å². The number of ether oxygens (including phenoxy) is 2. The molecule has 1 rings (SSSR count). The van der Waals surface area contributed by atoms with E-state index < -0.39 is 10.0 Å². The third-order valence-corrected chi connectivity index (χ3v) is 4.48. The van der Waals surface area contributed by atoms with E-state index in [2.05, 4.69) is 11.3 Å². The van der Waals surface area contributed by atoms with Gasteiger partial charge in [-0.2, -0.15) is 0 Å². The van der Waals surface area contributed by atoms with Gasteiger partial charge in [0.25, 0.3) is 0 Å². The molecule has 0 aliphatic carbocycles. The van der Waals surface area contributed by atoms with Crippen LogP contribution in [0.25, 0.3) is 0 Å². The van der Waals surface area contributed by atoms with Crippen LogP contribution in [0.15, 0.2) is 24.8 Å². The fourth-order valence-corrected chi connectivity index (χ4v) is 3.12. The number of benzene rings is 1. The van der Waals surface area contributed by atoms with Crippen LogP contribution in [0.4, 0.5) is 0 Å². The molecular formula is C15H23NO4S. The van der Waals surface area contributed by atoms with Gasteiger partial charge in [0.05, 0.1) is 20.0 Å². The lowest BCUT2D eigenvalue weighted by Crippen LogP contribution is -2.25. The van der Waals surface area contributed by atoms with E-state index in [4.69, 9.17) is 9.47 Å². The summed E-state index contributed by atoms with van der Waals surface area (Å²) in [7, 11) is -0.0989. The highest BCUT2D eigenvalue weighted by atomic mass is 32.2. The monoisotopic (exact) mass is 313 g/mol. The molecule has 0 fully saturated rings. The smallest absolute Gasteiger partial charge is 0.211 e. The number of rotatable bonds is 9. The maximum absolute atomic E-state index is 11.7. The second kappa shape index (κ2) is 8.05. The molecule has 0 atom stereocenters. The Balaban J connectivity index is 3.03. The Kier molecular flexibility index (Phi) is 6.71. The van der Waals surface area contributed by atoms with Crippen LogP contribution in [-0.2, 0) is 23.0 Å². The maximum atomic E-state index is 11.7. The van der Waals surface area contributed by atoms with Crippen molar-refractivity contribution in [2.75, 3.05) is 20.0 Å². The largest absolute Gasteiger partial charge is 0.493 e. The Morgan fingerprint density at radius 2 is 2.00 bits per heavy atom. The molecule has 6 heteroatoms. The zero-order chi connectivity index (χ0) is 15.9. The van der Waals surface area contributed by atoms with Crippen LogP contribution >= 0.6 is 0 Å². The molecule has 0 saturated carbocycles. The molecule has 0 radical (unpaired) electrons. The maximum Gasteiger partial charge on any atom is 0.211 e. The van der Waals surface area contributed by atoms with Crippen molar-refractivity contribution in [1.29, 1.82) is 0 Å². The number of sulfonamides is 1. The van der Waals surface area contributed by atoms with Gasteiger partial charge in [-0.1, -0.05) is 19.1 Å². The fraction of sp³-hybridized carbons (Fsp3) is 0.467. The summed E-state index contributed by atoms with van der Waals surface area (Å²) in [6, 6.07) is 3.68. The van der Waals surface area contributed by atoms with Crippen molar-refractivity contribution in [3.05, 3.63) is 35.9 Å². The normalized spacial score (nSPS) is 11.2. The van der Waals surface area contributed by atoms with Gasteiger partial charge in [0.1, 0.15) is 0 Å². The molecule has 1 aromatic carbocycles. The van der Waals surface area contributed by atoms with Crippen LogP contribution in [0.5, 0.6) is 11.5 Å². The van der Waals surface area contributed by atoms with Crippen molar-refractivity contribution in [2.45, 2.75) is 26.3 Å². The van der Waals surface area contributed by atoms with E-state index in [1.54, 1.807) is 26.4 Å². The van der Waals surface area contributed by atoms with Crippen molar-refractivity contribution in [1.82, 2.24) is 4.72 Å².